The van der Waals surface area contributed by atoms with Crippen molar-refractivity contribution in [3.63, 3.8) is 0 Å². The molecule has 1 aromatic carbocycles. The Hall–Kier alpha value is -1.49. The van der Waals surface area contributed by atoms with Crippen LogP contribution in [0.4, 0.5) is 0 Å². The molecule has 1 aliphatic carbocycles. The summed E-state index contributed by atoms with van der Waals surface area (Å²) < 4.78 is 0. The Balaban J connectivity index is 1.50. The molecule has 4 nitrogen and oxygen atoms in total. The van der Waals surface area contributed by atoms with Crippen LogP contribution in [0.25, 0.3) is 0 Å². The maximum Gasteiger partial charge on any atom is 0.251 e. The fourth-order valence-electron chi connectivity index (χ4n) is 3.60. The standard InChI is InChI=1S/C18H24N2O2S/c1-23-16-8-6-14(7-9-16)18(22)19-11-13-10-17(21)20(12-13)15-4-2-3-5-15/h6-9,13,15H,2-5,10-12H2,1H3,(H,19,22)/t13-/m1/s1. The van der Waals surface area contributed by atoms with E-state index in [0.717, 1.165) is 24.3 Å². The lowest BCUT2D eigenvalue weighted by molar-refractivity contribution is -0.129. The quantitative estimate of drug-likeness (QED) is 0.844. The van der Waals surface area contributed by atoms with Gasteiger partial charge in [-0.15, -0.1) is 11.8 Å². The van der Waals surface area contributed by atoms with E-state index in [1.807, 2.05) is 30.5 Å². The van der Waals surface area contributed by atoms with E-state index in [1.54, 1.807) is 11.8 Å². The van der Waals surface area contributed by atoms with Gasteiger partial charge in [-0.05, 0) is 43.4 Å². The van der Waals surface area contributed by atoms with Gasteiger partial charge in [0.05, 0.1) is 0 Å². The number of likely N-dealkylation sites (tertiary alicyclic amines) is 1. The second-order valence-corrected chi connectivity index (χ2v) is 7.37. The summed E-state index contributed by atoms with van der Waals surface area (Å²) >= 11 is 1.66. The van der Waals surface area contributed by atoms with Gasteiger partial charge >= 0.3 is 0 Å². The molecule has 0 bridgehead atoms. The molecule has 3 rings (SSSR count). The lowest BCUT2D eigenvalue weighted by Crippen LogP contribution is -2.36. The average molecular weight is 332 g/mol. The number of nitrogens with zero attached hydrogens (tertiary/aromatic N) is 1. The van der Waals surface area contributed by atoms with Crippen LogP contribution in [0.1, 0.15) is 42.5 Å². The summed E-state index contributed by atoms with van der Waals surface area (Å²) in [7, 11) is 0. The van der Waals surface area contributed by atoms with Crippen LogP contribution in [-0.2, 0) is 4.79 Å². The fraction of sp³-hybridized carbons (Fsp3) is 0.556. The highest BCUT2D eigenvalue weighted by molar-refractivity contribution is 7.98. The maximum absolute atomic E-state index is 12.2. The van der Waals surface area contributed by atoms with Gasteiger partial charge in [-0.3, -0.25) is 9.59 Å². The van der Waals surface area contributed by atoms with Gasteiger partial charge in [0.25, 0.3) is 5.91 Å². The van der Waals surface area contributed by atoms with E-state index in [4.69, 9.17) is 0 Å². The molecule has 2 aliphatic rings. The van der Waals surface area contributed by atoms with E-state index in [0.29, 0.717) is 24.6 Å². The zero-order valence-corrected chi connectivity index (χ0v) is 14.4. The van der Waals surface area contributed by atoms with Gasteiger partial charge in [-0.25, -0.2) is 0 Å². The number of carbonyl (C=O) groups is 2. The normalized spacial score (nSPS) is 21.9. The van der Waals surface area contributed by atoms with E-state index in [-0.39, 0.29) is 17.7 Å². The predicted molar refractivity (Wildman–Crippen MR) is 92.6 cm³/mol. The molecule has 1 saturated heterocycles. The largest absolute Gasteiger partial charge is 0.352 e. The Bertz CT molecular complexity index is 567. The molecular formula is C18H24N2O2S. The summed E-state index contributed by atoms with van der Waals surface area (Å²) in [5, 5.41) is 2.99. The number of hydrogen-bond acceptors (Lipinski definition) is 3. The molecule has 1 aromatic rings. The van der Waals surface area contributed by atoms with Crippen LogP contribution in [0, 0.1) is 5.92 Å². The first-order valence-electron chi connectivity index (χ1n) is 8.39. The molecule has 2 fully saturated rings. The molecule has 1 aliphatic heterocycles. The van der Waals surface area contributed by atoms with Crippen molar-refractivity contribution in [2.75, 3.05) is 19.3 Å². The highest BCUT2D eigenvalue weighted by atomic mass is 32.2. The molecule has 5 heteroatoms. The SMILES string of the molecule is CSc1ccc(C(=O)NC[C@H]2CC(=O)N(C3CCCC3)C2)cc1. The Morgan fingerprint density at radius 1 is 1.26 bits per heavy atom. The fourth-order valence-corrected chi connectivity index (χ4v) is 4.00. The first kappa shape index (κ1) is 16.4. The van der Waals surface area contributed by atoms with Crippen molar-refractivity contribution in [2.24, 2.45) is 5.92 Å². The van der Waals surface area contributed by atoms with Gasteiger partial charge in [-0.1, -0.05) is 12.8 Å². The maximum atomic E-state index is 12.2. The number of benzene rings is 1. The molecule has 0 radical (unpaired) electrons. The van der Waals surface area contributed by atoms with Crippen LogP contribution < -0.4 is 5.32 Å². The van der Waals surface area contributed by atoms with Crippen molar-refractivity contribution in [3.05, 3.63) is 29.8 Å². The second-order valence-electron chi connectivity index (χ2n) is 6.49. The predicted octanol–water partition coefficient (Wildman–Crippen LogP) is 2.93. The summed E-state index contributed by atoms with van der Waals surface area (Å²) in [6, 6.07) is 8.07. The average Bonchev–Trinajstić information content (AvgIpc) is 3.22. The molecule has 0 unspecified atom stereocenters. The topological polar surface area (TPSA) is 49.4 Å². The Morgan fingerprint density at radius 3 is 2.61 bits per heavy atom. The van der Waals surface area contributed by atoms with E-state index in [9.17, 15) is 9.59 Å². The summed E-state index contributed by atoms with van der Waals surface area (Å²) in [5.41, 5.74) is 0.680. The summed E-state index contributed by atoms with van der Waals surface area (Å²) in [4.78, 5) is 27.6. The van der Waals surface area contributed by atoms with Crippen LogP contribution in [0.5, 0.6) is 0 Å². The van der Waals surface area contributed by atoms with Crippen molar-refractivity contribution in [2.45, 2.75) is 43.0 Å². The number of amides is 2. The number of rotatable bonds is 5. The van der Waals surface area contributed by atoms with Crippen LogP contribution in [-0.4, -0.2) is 42.1 Å². The minimum atomic E-state index is -0.0515. The first-order chi connectivity index (χ1) is 11.2. The molecule has 0 spiro atoms. The van der Waals surface area contributed by atoms with Crippen molar-refractivity contribution in [1.82, 2.24) is 10.2 Å². The van der Waals surface area contributed by atoms with Crippen LogP contribution in [0.15, 0.2) is 29.2 Å². The van der Waals surface area contributed by atoms with Gasteiger partial charge in [0.2, 0.25) is 5.91 Å². The molecule has 2 amide bonds. The number of hydrogen-bond donors (Lipinski definition) is 1. The van der Waals surface area contributed by atoms with Crippen LogP contribution in [0.2, 0.25) is 0 Å². The highest BCUT2D eigenvalue weighted by Crippen LogP contribution is 2.29. The molecule has 23 heavy (non-hydrogen) atoms. The third-order valence-electron chi connectivity index (χ3n) is 4.91. The van der Waals surface area contributed by atoms with Crippen molar-refractivity contribution in [1.29, 1.82) is 0 Å². The summed E-state index contributed by atoms with van der Waals surface area (Å²) in [6.07, 6.45) is 7.35. The van der Waals surface area contributed by atoms with Gasteiger partial charge < -0.3 is 10.2 Å². The van der Waals surface area contributed by atoms with Crippen molar-refractivity contribution >= 4 is 23.6 Å². The Labute approximate surface area is 142 Å². The third kappa shape index (κ3) is 3.89. The lowest BCUT2D eigenvalue weighted by atomic mass is 10.1. The van der Waals surface area contributed by atoms with E-state index in [1.165, 1.54) is 12.8 Å². The minimum Gasteiger partial charge on any atom is -0.352 e. The number of thioether (sulfide) groups is 1. The number of nitrogens with one attached hydrogen (secondary N) is 1. The molecule has 1 saturated carbocycles. The van der Waals surface area contributed by atoms with E-state index >= 15 is 0 Å². The highest BCUT2D eigenvalue weighted by Gasteiger charge is 2.35. The van der Waals surface area contributed by atoms with E-state index < -0.39 is 0 Å². The van der Waals surface area contributed by atoms with Crippen LogP contribution >= 0.6 is 11.8 Å². The lowest BCUT2D eigenvalue weighted by Gasteiger charge is -2.24. The third-order valence-corrected chi connectivity index (χ3v) is 5.65. The van der Waals surface area contributed by atoms with Gasteiger partial charge in [-0.2, -0.15) is 0 Å². The van der Waals surface area contributed by atoms with Gasteiger partial charge in [0.1, 0.15) is 0 Å². The zero-order valence-electron chi connectivity index (χ0n) is 13.6. The van der Waals surface area contributed by atoms with Crippen molar-refractivity contribution in [3.8, 4) is 0 Å². The number of carbonyl (C=O) groups excluding carboxylic acids is 2. The molecule has 1 heterocycles. The first-order valence-corrected chi connectivity index (χ1v) is 9.61. The van der Waals surface area contributed by atoms with Crippen LogP contribution in [0.3, 0.4) is 0 Å². The molecular weight excluding hydrogens is 308 g/mol. The summed E-state index contributed by atoms with van der Waals surface area (Å²) in [6.45, 7) is 1.38. The van der Waals surface area contributed by atoms with Gasteiger partial charge in [0.15, 0.2) is 0 Å². The van der Waals surface area contributed by atoms with E-state index in [2.05, 4.69) is 10.2 Å². The molecule has 1 N–H and O–H groups in total. The summed E-state index contributed by atoms with van der Waals surface area (Å²) in [5.74, 6) is 0.461. The Morgan fingerprint density at radius 2 is 1.96 bits per heavy atom. The zero-order chi connectivity index (χ0) is 16.2. The Kier molecular flexibility index (Phi) is 5.26. The molecule has 124 valence electrons. The second kappa shape index (κ2) is 7.39. The molecule has 1 atom stereocenters. The van der Waals surface area contributed by atoms with Crippen molar-refractivity contribution < 1.29 is 9.59 Å². The minimum absolute atomic E-state index is 0.0515. The molecule has 0 aromatic heterocycles. The smallest absolute Gasteiger partial charge is 0.251 e. The monoisotopic (exact) mass is 332 g/mol. The van der Waals surface area contributed by atoms with Gasteiger partial charge in [0, 0.05) is 41.9 Å².